The Kier molecular flexibility index (Phi) is 7.61. The minimum atomic E-state index is -0.0336. The van der Waals surface area contributed by atoms with Crippen molar-refractivity contribution < 1.29 is 14.3 Å². The number of hydrogen-bond donors (Lipinski definition) is 2. The Morgan fingerprint density at radius 1 is 1.18 bits per heavy atom. The molecule has 9 nitrogen and oxygen atoms in total. The number of hydrogen-bond acceptors (Lipinski definition) is 10. The summed E-state index contributed by atoms with van der Waals surface area (Å²) < 4.78 is 12.3. The van der Waals surface area contributed by atoms with E-state index in [0.717, 1.165) is 37.3 Å². The smallest absolute Gasteiger partial charge is 0.238 e. The third-order valence-electron chi connectivity index (χ3n) is 6.25. The van der Waals surface area contributed by atoms with Gasteiger partial charge in [-0.1, -0.05) is 23.7 Å². The van der Waals surface area contributed by atoms with E-state index >= 15 is 0 Å². The molecule has 2 aromatic heterocycles. The van der Waals surface area contributed by atoms with Gasteiger partial charge in [0, 0.05) is 34.6 Å². The predicted octanol–water partition coefficient (Wildman–Crippen LogP) is 4.67. The number of rotatable bonds is 8. The van der Waals surface area contributed by atoms with Crippen LogP contribution < -0.4 is 15.5 Å². The molecule has 0 bridgehead atoms. The highest BCUT2D eigenvalue weighted by atomic mass is 35.5. The average molecular weight is 569 g/mol. The molecule has 1 unspecified atom stereocenters. The van der Waals surface area contributed by atoms with Crippen LogP contribution in [0.3, 0.4) is 0 Å². The molecule has 0 aliphatic carbocycles. The summed E-state index contributed by atoms with van der Waals surface area (Å²) >= 11 is 9.78. The maximum atomic E-state index is 12.6. The number of aromatic nitrogens is 2. The van der Waals surface area contributed by atoms with Crippen LogP contribution in [-0.4, -0.2) is 71.1 Å². The summed E-state index contributed by atoms with van der Waals surface area (Å²) in [5, 5.41) is 7.79. The van der Waals surface area contributed by atoms with Crippen LogP contribution >= 0.6 is 34.7 Å². The van der Waals surface area contributed by atoms with Crippen molar-refractivity contribution in [1.29, 1.82) is 0 Å². The molecule has 2 aliphatic heterocycles. The molecule has 38 heavy (non-hydrogen) atoms. The Morgan fingerprint density at radius 3 is 2.89 bits per heavy atom. The summed E-state index contributed by atoms with van der Waals surface area (Å²) in [5.74, 6) is 2.22. The quantitative estimate of drug-likeness (QED) is 0.316. The summed E-state index contributed by atoms with van der Waals surface area (Å²) in [6.07, 6.45) is 1.85. The molecule has 0 spiro atoms. The van der Waals surface area contributed by atoms with Gasteiger partial charge in [0.25, 0.3) is 0 Å². The van der Waals surface area contributed by atoms with Gasteiger partial charge in [-0.05, 0) is 29.8 Å². The number of thiophene rings is 1. The molecular formula is C26H25ClN6O3S2. The topological polar surface area (TPSA) is 101 Å². The summed E-state index contributed by atoms with van der Waals surface area (Å²) in [6.45, 7) is 3.16. The van der Waals surface area contributed by atoms with E-state index in [2.05, 4.69) is 31.8 Å². The van der Waals surface area contributed by atoms with Crippen molar-refractivity contribution in [2.24, 2.45) is 4.99 Å². The number of thioether (sulfide) groups is 1. The van der Waals surface area contributed by atoms with Crippen LogP contribution in [0.25, 0.3) is 20.3 Å². The van der Waals surface area contributed by atoms with Gasteiger partial charge < -0.3 is 14.8 Å². The fraction of sp³-hybridized carbons (Fsp3) is 0.308. The third kappa shape index (κ3) is 5.71. The van der Waals surface area contributed by atoms with Crippen LogP contribution in [-0.2, 0) is 16.0 Å². The van der Waals surface area contributed by atoms with E-state index < -0.39 is 0 Å². The molecule has 12 heteroatoms. The molecule has 2 aliphatic rings. The van der Waals surface area contributed by atoms with Gasteiger partial charge in [0.2, 0.25) is 5.91 Å². The molecule has 1 amide bonds. The lowest BCUT2D eigenvalue weighted by Crippen LogP contribution is -2.48. The number of nitrogens with one attached hydrogen (secondary N) is 2. The van der Waals surface area contributed by atoms with Crippen LogP contribution in [0.2, 0.25) is 5.02 Å². The summed E-state index contributed by atoms with van der Waals surface area (Å²) in [5.41, 5.74) is 6.58. The Bertz CT molecular complexity index is 1510. The second-order valence-electron chi connectivity index (χ2n) is 8.97. The van der Waals surface area contributed by atoms with Crippen LogP contribution in [0.15, 0.2) is 47.7 Å². The fourth-order valence-electron chi connectivity index (χ4n) is 4.37. The van der Waals surface area contributed by atoms with Gasteiger partial charge in [-0.25, -0.2) is 15.0 Å². The summed E-state index contributed by atoms with van der Waals surface area (Å²) in [7, 11) is 0. The minimum absolute atomic E-state index is 0.0336. The van der Waals surface area contributed by atoms with E-state index in [1.807, 2.05) is 40.9 Å². The number of ether oxygens (including phenoxy) is 2. The molecule has 0 radical (unpaired) electrons. The Hall–Kier alpha value is -2.96. The minimum Gasteiger partial charge on any atom is -0.490 e. The molecule has 2 aromatic carbocycles. The number of fused-ring (bicyclic) bond motifs is 3. The van der Waals surface area contributed by atoms with Crippen LogP contribution in [0, 0.1) is 0 Å². The first kappa shape index (κ1) is 25.3. The van der Waals surface area contributed by atoms with Gasteiger partial charge in [0.05, 0.1) is 41.6 Å². The monoisotopic (exact) mass is 568 g/mol. The lowest BCUT2D eigenvalue weighted by atomic mass is 10.1. The number of nitrogens with zero attached hydrogens (tertiary/aromatic N) is 4. The number of hydrazine groups is 1. The third-order valence-corrected chi connectivity index (χ3v) is 8.46. The van der Waals surface area contributed by atoms with E-state index in [-0.39, 0.29) is 11.9 Å². The maximum absolute atomic E-state index is 12.6. The SMILES string of the molecule is O=C(Cc1ccc2c(c1)sc1ncnc(Nc3ccc(OCC4CSC=N4)c(Cl)c3)c12)NN1CCOCC1. The molecule has 0 saturated carbocycles. The number of halogens is 1. The van der Waals surface area contributed by atoms with Crippen molar-refractivity contribution in [3.05, 3.63) is 53.3 Å². The Morgan fingerprint density at radius 2 is 2.08 bits per heavy atom. The number of carbonyl (C=O) groups excluding carboxylic acids is 1. The highest BCUT2D eigenvalue weighted by molar-refractivity contribution is 8.12. The Labute approximate surface area is 232 Å². The summed E-state index contributed by atoms with van der Waals surface area (Å²) in [4.78, 5) is 26.8. The molecule has 4 aromatic rings. The molecule has 196 valence electrons. The van der Waals surface area contributed by atoms with E-state index in [9.17, 15) is 4.79 Å². The van der Waals surface area contributed by atoms with Crippen molar-refractivity contribution in [2.75, 3.05) is 44.0 Å². The van der Waals surface area contributed by atoms with Crippen molar-refractivity contribution in [3.8, 4) is 5.75 Å². The van der Waals surface area contributed by atoms with Crippen LogP contribution in [0.4, 0.5) is 11.5 Å². The zero-order valence-corrected chi connectivity index (χ0v) is 22.7. The number of aliphatic imine (C=N–C) groups is 1. The van der Waals surface area contributed by atoms with E-state index in [4.69, 9.17) is 21.1 Å². The van der Waals surface area contributed by atoms with Crippen LogP contribution in [0.1, 0.15) is 5.56 Å². The number of carbonyl (C=O) groups is 1. The molecule has 1 atom stereocenters. The molecule has 1 fully saturated rings. The number of anilines is 2. The second kappa shape index (κ2) is 11.4. The first-order chi connectivity index (χ1) is 18.6. The maximum Gasteiger partial charge on any atom is 0.238 e. The lowest BCUT2D eigenvalue weighted by molar-refractivity contribution is -0.127. The fourth-order valence-corrected chi connectivity index (χ4v) is 6.46. The average Bonchev–Trinajstić information content (AvgIpc) is 3.56. The molecule has 1 saturated heterocycles. The van der Waals surface area contributed by atoms with Gasteiger partial charge in [0.1, 0.15) is 29.3 Å². The van der Waals surface area contributed by atoms with Gasteiger partial charge in [0.15, 0.2) is 0 Å². The zero-order valence-electron chi connectivity index (χ0n) is 20.4. The first-order valence-corrected chi connectivity index (χ1v) is 14.5. The number of benzene rings is 2. The second-order valence-corrected chi connectivity index (χ2v) is 11.3. The standard InChI is InChI=1S/C26H25ClN6O3S2/c27-20-11-17(2-4-21(20)36-12-18-13-37-15-30-18)31-25-24-19-3-1-16(9-22(19)38-26(24)29-14-28-25)10-23(34)32-33-5-7-35-8-6-33/h1-4,9,11,14-15,18H,5-8,10,12-13H2,(H,32,34)(H,28,29,31). The zero-order chi connectivity index (χ0) is 25.9. The molecule has 4 heterocycles. The number of amides is 1. The van der Waals surface area contributed by atoms with Crippen molar-refractivity contribution >= 4 is 78.0 Å². The van der Waals surface area contributed by atoms with Crippen molar-refractivity contribution in [3.63, 3.8) is 0 Å². The van der Waals surface area contributed by atoms with Gasteiger partial charge >= 0.3 is 0 Å². The first-order valence-electron chi connectivity index (χ1n) is 12.2. The molecular weight excluding hydrogens is 544 g/mol. The van der Waals surface area contributed by atoms with Crippen LogP contribution in [0.5, 0.6) is 5.75 Å². The largest absolute Gasteiger partial charge is 0.490 e. The lowest BCUT2D eigenvalue weighted by Gasteiger charge is -2.26. The van der Waals surface area contributed by atoms with Gasteiger partial charge in [-0.3, -0.25) is 15.2 Å². The van der Waals surface area contributed by atoms with E-state index in [0.29, 0.717) is 55.9 Å². The van der Waals surface area contributed by atoms with E-state index in [1.54, 1.807) is 29.4 Å². The molecule has 2 N–H and O–H groups in total. The van der Waals surface area contributed by atoms with Crippen molar-refractivity contribution in [1.82, 2.24) is 20.4 Å². The van der Waals surface area contributed by atoms with E-state index in [1.165, 1.54) is 0 Å². The van der Waals surface area contributed by atoms with Gasteiger partial charge in [-0.2, -0.15) is 0 Å². The molecule has 6 rings (SSSR count). The highest BCUT2D eigenvalue weighted by Gasteiger charge is 2.17. The number of morpholine rings is 1. The normalized spacial score (nSPS) is 17.8. The highest BCUT2D eigenvalue weighted by Crippen LogP contribution is 2.38. The van der Waals surface area contributed by atoms with Gasteiger partial charge in [-0.15, -0.1) is 23.1 Å². The van der Waals surface area contributed by atoms with Crippen molar-refractivity contribution in [2.45, 2.75) is 12.5 Å². The summed E-state index contributed by atoms with van der Waals surface area (Å²) in [6, 6.07) is 11.8. The Balaban J connectivity index is 1.18. The predicted molar refractivity (Wildman–Crippen MR) is 154 cm³/mol.